The van der Waals surface area contributed by atoms with E-state index in [0.717, 1.165) is 0 Å². The van der Waals surface area contributed by atoms with Crippen LogP contribution in [0.3, 0.4) is 0 Å². The molecule has 0 radical (unpaired) electrons. The van der Waals surface area contributed by atoms with Crippen LogP contribution in [0.1, 0.15) is 25.6 Å². The molecule has 1 saturated heterocycles. The summed E-state index contributed by atoms with van der Waals surface area (Å²) in [7, 11) is 0. The van der Waals surface area contributed by atoms with Crippen LogP contribution in [0.15, 0.2) is 6.20 Å². The number of aliphatic hydroxyl groups is 1. The Labute approximate surface area is 81.8 Å². The van der Waals surface area contributed by atoms with Crippen LogP contribution in [0.25, 0.3) is 0 Å². The van der Waals surface area contributed by atoms with Gasteiger partial charge in [-0.05, 0) is 13.8 Å². The fraction of sp³-hybridized carbons (Fsp3) is 0.750. The van der Waals surface area contributed by atoms with Crippen molar-refractivity contribution in [1.82, 2.24) is 20.5 Å². The number of nitrogens with zero attached hydrogens (tertiary/aromatic N) is 3. The van der Waals surface area contributed by atoms with E-state index in [1.165, 1.54) is 0 Å². The van der Waals surface area contributed by atoms with Gasteiger partial charge in [-0.1, -0.05) is 5.21 Å². The summed E-state index contributed by atoms with van der Waals surface area (Å²) in [5.41, 5.74) is 2.40. The number of hydrogen-bond acceptors (Lipinski definition) is 5. The van der Waals surface area contributed by atoms with Gasteiger partial charge in [0, 0.05) is 6.54 Å². The molecular weight excluding hydrogens is 184 g/mol. The normalized spacial score (nSPS) is 22.9. The van der Waals surface area contributed by atoms with E-state index >= 15 is 0 Å². The van der Waals surface area contributed by atoms with Crippen molar-refractivity contribution < 1.29 is 9.94 Å². The number of aromatic nitrogens is 3. The van der Waals surface area contributed by atoms with Crippen LogP contribution in [0, 0.1) is 0 Å². The summed E-state index contributed by atoms with van der Waals surface area (Å²) in [5.74, 6) is 0. The van der Waals surface area contributed by atoms with Gasteiger partial charge in [-0.3, -0.25) is 4.84 Å². The fourth-order valence-corrected chi connectivity index (χ4v) is 1.27. The predicted octanol–water partition coefficient (Wildman–Crippen LogP) is -0.419. The van der Waals surface area contributed by atoms with Gasteiger partial charge in [0.1, 0.15) is 11.3 Å². The third-order valence-electron chi connectivity index (χ3n) is 2.21. The molecule has 6 heteroatoms. The van der Waals surface area contributed by atoms with Gasteiger partial charge in [0.2, 0.25) is 0 Å². The minimum Gasteiger partial charge on any atom is -0.384 e. The highest BCUT2D eigenvalue weighted by atomic mass is 16.7. The molecule has 0 aromatic carbocycles. The van der Waals surface area contributed by atoms with E-state index in [4.69, 9.17) is 4.84 Å². The Morgan fingerprint density at radius 1 is 1.71 bits per heavy atom. The van der Waals surface area contributed by atoms with Crippen LogP contribution in [0.5, 0.6) is 0 Å². The molecule has 1 aromatic heterocycles. The molecule has 0 saturated carbocycles. The first-order valence-corrected chi connectivity index (χ1v) is 4.57. The molecule has 2 heterocycles. The SMILES string of the molecule is CC(C)(O)c1cn(C2CNOC2)nn1. The summed E-state index contributed by atoms with van der Waals surface area (Å²) in [6.07, 6.45) is 1.75. The molecule has 1 aliphatic heterocycles. The Morgan fingerprint density at radius 3 is 3.00 bits per heavy atom. The predicted molar refractivity (Wildman–Crippen MR) is 48.3 cm³/mol. The van der Waals surface area contributed by atoms with Gasteiger partial charge >= 0.3 is 0 Å². The first-order chi connectivity index (χ1) is 6.57. The molecule has 1 aliphatic rings. The molecule has 1 aromatic rings. The molecule has 78 valence electrons. The van der Waals surface area contributed by atoms with Crippen LogP contribution in [-0.4, -0.2) is 33.3 Å². The highest BCUT2D eigenvalue weighted by Crippen LogP contribution is 2.18. The first kappa shape index (κ1) is 9.57. The molecule has 14 heavy (non-hydrogen) atoms. The van der Waals surface area contributed by atoms with Gasteiger partial charge < -0.3 is 5.11 Å². The highest BCUT2D eigenvalue weighted by molar-refractivity contribution is 5.03. The van der Waals surface area contributed by atoms with Crippen LogP contribution < -0.4 is 5.48 Å². The second-order valence-electron chi connectivity index (χ2n) is 3.96. The van der Waals surface area contributed by atoms with Gasteiger partial charge in [0.25, 0.3) is 0 Å². The maximum atomic E-state index is 9.68. The zero-order valence-corrected chi connectivity index (χ0v) is 8.27. The Kier molecular flexibility index (Phi) is 2.26. The number of nitrogens with one attached hydrogen (secondary N) is 1. The average Bonchev–Trinajstić information content (AvgIpc) is 2.73. The lowest BCUT2D eigenvalue weighted by Crippen LogP contribution is -2.17. The smallest absolute Gasteiger partial charge is 0.114 e. The molecule has 0 amide bonds. The van der Waals surface area contributed by atoms with Gasteiger partial charge in [0.05, 0.1) is 18.8 Å². The lowest BCUT2D eigenvalue weighted by Gasteiger charge is -2.12. The number of hydrogen-bond donors (Lipinski definition) is 2. The van der Waals surface area contributed by atoms with Gasteiger partial charge in [-0.15, -0.1) is 5.10 Å². The van der Waals surface area contributed by atoms with Crippen molar-refractivity contribution in [3.63, 3.8) is 0 Å². The largest absolute Gasteiger partial charge is 0.384 e. The third kappa shape index (κ3) is 1.77. The van der Waals surface area contributed by atoms with Gasteiger partial charge in [0.15, 0.2) is 0 Å². The highest BCUT2D eigenvalue weighted by Gasteiger charge is 2.24. The zero-order valence-electron chi connectivity index (χ0n) is 8.27. The number of hydroxylamine groups is 1. The summed E-state index contributed by atoms with van der Waals surface area (Å²) < 4.78 is 1.72. The minimum atomic E-state index is -0.939. The van der Waals surface area contributed by atoms with E-state index in [9.17, 15) is 5.11 Å². The summed E-state index contributed by atoms with van der Waals surface area (Å²) in [5, 5.41) is 17.5. The van der Waals surface area contributed by atoms with Crippen molar-refractivity contribution >= 4 is 0 Å². The van der Waals surface area contributed by atoms with E-state index in [1.54, 1.807) is 24.7 Å². The average molecular weight is 198 g/mol. The second kappa shape index (κ2) is 3.30. The van der Waals surface area contributed by atoms with Gasteiger partial charge in [-0.25, -0.2) is 10.2 Å². The monoisotopic (exact) mass is 198 g/mol. The Hall–Kier alpha value is -0.980. The van der Waals surface area contributed by atoms with Crippen molar-refractivity contribution in [2.75, 3.05) is 13.2 Å². The quantitative estimate of drug-likeness (QED) is 0.675. The summed E-state index contributed by atoms with van der Waals surface area (Å²) in [4.78, 5) is 5.01. The molecule has 1 unspecified atom stereocenters. The Bertz CT molecular complexity index is 311. The molecular formula is C8H14N4O2. The maximum absolute atomic E-state index is 9.68. The first-order valence-electron chi connectivity index (χ1n) is 4.57. The van der Waals surface area contributed by atoms with E-state index in [-0.39, 0.29) is 6.04 Å². The van der Waals surface area contributed by atoms with Crippen molar-refractivity contribution in [3.05, 3.63) is 11.9 Å². The molecule has 2 N–H and O–H groups in total. The molecule has 0 aliphatic carbocycles. The van der Waals surface area contributed by atoms with Crippen molar-refractivity contribution in [2.45, 2.75) is 25.5 Å². The molecule has 0 spiro atoms. The summed E-state index contributed by atoms with van der Waals surface area (Å²) >= 11 is 0. The van der Waals surface area contributed by atoms with E-state index < -0.39 is 5.60 Å². The van der Waals surface area contributed by atoms with E-state index in [1.807, 2.05) is 0 Å². The van der Waals surface area contributed by atoms with Crippen LogP contribution >= 0.6 is 0 Å². The topological polar surface area (TPSA) is 72.2 Å². The minimum absolute atomic E-state index is 0.165. The van der Waals surface area contributed by atoms with Gasteiger partial charge in [-0.2, -0.15) is 0 Å². The standard InChI is InChI=1S/C8H14N4O2/c1-8(2,13)7-4-12(11-10-7)6-3-9-14-5-6/h4,6,9,13H,3,5H2,1-2H3. The summed E-state index contributed by atoms with van der Waals surface area (Å²) in [6, 6.07) is 0.165. The van der Waals surface area contributed by atoms with Crippen molar-refractivity contribution in [1.29, 1.82) is 0 Å². The molecule has 2 rings (SSSR count). The van der Waals surface area contributed by atoms with Crippen molar-refractivity contribution in [2.24, 2.45) is 0 Å². The third-order valence-corrected chi connectivity index (χ3v) is 2.21. The molecule has 1 fully saturated rings. The fourth-order valence-electron chi connectivity index (χ4n) is 1.27. The lowest BCUT2D eigenvalue weighted by molar-refractivity contribution is 0.0736. The lowest BCUT2D eigenvalue weighted by atomic mass is 10.1. The summed E-state index contributed by atoms with van der Waals surface area (Å²) in [6.45, 7) is 4.67. The van der Waals surface area contributed by atoms with E-state index in [2.05, 4.69) is 15.8 Å². The molecule has 1 atom stereocenters. The second-order valence-corrected chi connectivity index (χ2v) is 3.96. The molecule has 6 nitrogen and oxygen atoms in total. The van der Waals surface area contributed by atoms with E-state index in [0.29, 0.717) is 18.8 Å². The Balaban J connectivity index is 2.17. The maximum Gasteiger partial charge on any atom is 0.114 e. The molecule has 0 bridgehead atoms. The Morgan fingerprint density at radius 2 is 2.50 bits per heavy atom. The van der Waals surface area contributed by atoms with Crippen LogP contribution in [0.2, 0.25) is 0 Å². The van der Waals surface area contributed by atoms with Crippen LogP contribution in [-0.2, 0) is 10.4 Å². The van der Waals surface area contributed by atoms with Crippen molar-refractivity contribution in [3.8, 4) is 0 Å². The number of rotatable bonds is 2. The zero-order chi connectivity index (χ0) is 10.2. The van der Waals surface area contributed by atoms with Crippen LogP contribution in [0.4, 0.5) is 0 Å².